The molecule has 0 saturated carbocycles. The Kier molecular flexibility index (Phi) is 7.74. The summed E-state index contributed by atoms with van der Waals surface area (Å²) in [5.74, 6) is -0.132. The number of rotatable bonds is 6. The maximum Gasteiger partial charge on any atom is 0.249 e. The minimum absolute atomic E-state index is 0.0984. The number of phenols is 1. The zero-order chi connectivity index (χ0) is 24.8. The molecular formula is C28H29FN2O3. The molecule has 0 aliphatic carbocycles. The van der Waals surface area contributed by atoms with Crippen LogP contribution >= 0.6 is 0 Å². The number of aromatic nitrogens is 1. The molecule has 5 nitrogen and oxygen atoms in total. The van der Waals surface area contributed by atoms with E-state index in [9.17, 15) is 14.3 Å². The number of carbonyl (C=O) groups excluding carboxylic acids is 1. The summed E-state index contributed by atoms with van der Waals surface area (Å²) in [6.45, 7) is 8.03. The quantitative estimate of drug-likeness (QED) is 0.354. The Morgan fingerprint density at radius 3 is 2.35 bits per heavy atom. The summed E-state index contributed by atoms with van der Waals surface area (Å²) in [4.78, 5) is 11.9. The SMILES string of the molecule is CC.Cc1ccc(-n2c(C)ccc2-c2cc(O)ccc2OCc2ccc(F)cc2)cc1C(N)=O. The minimum atomic E-state index is -0.489. The Morgan fingerprint density at radius 2 is 1.68 bits per heavy atom. The number of nitrogens with two attached hydrogens (primary N) is 1. The van der Waals surface area contributed by atoms with E-state index in [1.807, 2.05) is 56.5 Å². The number of amides is 1. The third-order valence-corrected chi connectivity index (χ3v) is 5.37. The van der Waals surface area contributed by atoms with E-state index >= 15 is 0 Å². The van der Waals surface area contributed by atoms with Gasteiger partial charge < -0.3 is 20.1 Å². The molecule has 0 fully saturated rings. The van der Waals surface area contributed by atoms with Crippen molar-refractivity contribution < 1.29 is 19.0 Å². The van der Waals surface area contributed by atoms with E-state index in [4.69, 9.17) is 10.5 Å². The molecule has 1 amide bonds. The molecule has 0 unspecified atom stereocenters. The first-order valence-corrected chi connectivity index (χ1v) is 11.1. The van der Waals surface area contributed by atoms with Crippen LogP contribution in [0.4, 0.5) is 4.39 Å². The molecule has 3 N–H and O–H groups in total. The van der Waals surface area contributed by atoms with E-state index < -0.39 is 5.91 Å². The Labute approximate surface area is 199 Å². The van der Waals surface area contributed by atoms with Crippen LogP contribution < -0.4 is 10.5 Å². The van der Waals surface area contributed by atoms with E-state index in [0.29, 0.717) is 16.9 Å². The van der Waals surface area contributed by atoms with E-state index in [0.717, 1.165) is 28.2 Å². The van der Waals surface area contributed by atoms with Crippen LogP contribution in [-0.2, 0) is 6.61 Å². The number of phenolic OH excluding ortho intramolecular Hbond substituents is 1. The second-order valence-corrected chi connectivity index (χ2v) is 7.65. The molecule has 4 aromatic rings. The highest BCUT2D eigenvalue weighted by molar-refractivity contribution is 5.95. The Bertz CT molecular complexity index is 1290. The Morgan fingerprint density at radius 1 is 0.971 bits per heavy atom. The zero-order valence-corrected chi connectivity index (χ0v) is 19.8. The number of hydrogen-bond acceptors (Lipinski definition) is 3. The molecule has 0 radical (unpaired) electrons. The molecule has 0 aliphatic rings. The molecule has 0 saturated heterocycles. The summed E-state index contributed by atoms with van der Waals surface area (Å²) in [6, 6.07) is 20.4. The maximum atomic E-state index is 13.2. The number of nitrogens with zero attached hydrogens (tertiary/aromatic N) is 1. The molecule has 34 heavy (non-hydrogen) atoms. The lowest BCUT2D eigenvalue weighted by Crippen LogP contribution is -2.13. The van der Waals surface area contributed by atoms with Crippen molar-refractivity contribution in [2.45, 2.75) is 34.3 Å². The number of benzene rings is 3. The third kappa shape index (κ3) is 5.29. The van der Waals surface area contributed by atoms with Crippen molar-refractivity contribution in [3.8, 4) is 28.4 Å². The Balaban J connectivity index is 0.00000158. The second-order valence-electron chi connectivity index (χ2n) is 7.65. The predicted octanol–water partition coefficient (Wildman–Crippen LogP) is 6.31. The summed E-state index contributed by atoms with van der Waals surface area (Å²) < 4.78 is 21.2. The highest BCUT2D eigenvalue weighted by Gasteiger charge is 2.17. The minimum Gasteiger partial charge on any atom is -0.508 e. The van der Waals surface area contributed by atoms with Gasteiger partial charge in [-0.2, -0.15) is 0 Å². The monoisotopic (exact) mass is 460 g/mol. The van der Waals surface area contributed by atoms with Crippen molar-refractivity contribution in [1.29, 1.82) is 0 Å². The number of primary amides is 1. The average molecular weight is 461 g/mol. The van der Waals surface area contributed by atoms with Crippen molar-refractivity contribution >= 4 is 5.91 Å². The summed E-state index contributed by atoms with van der Waals surface area (Å²) >= 11 is 0. The molecule has 0 aliphatic heterocycles. The molecule has 0 spiro atoms. The van der Waals surface area contributed by atoms with Gasteiger partial charge in [0, 0.05) is 22.5 Å². The first-order chi connectivity index (χ1) is 16.3. The number of halogens is 1. The first kappa shape index (κ1) is 24.6. The van der Waals surface area contributed by atoms with Crippen LogP contribution in [0.3, 0.4) is 0 Å². The summed E-state index contributed by atoms with van der Waals surface area (Å²) in [6.07, 6.45) is 0. The fourth-order valence-corrected chi connectivity index (χ4v) is 3.69. The summed E-state index contributed by atoms with van der Waals surface area (Å²) in [5, 5.41) is 10.2. The predicted molar refractivity (Wildman–Crippen MR) is 133 cm³/mol. The normalized spacial score (nSPS) is 10.4. The number of aryl methyl sites for hydroxylation is 2. The fourth-order valence-electron chi connectivity index (χ4n) is 3.69. The molecule has 3 aromatic carbocycles. The summed E-state index contributed by atoms with van der Waals surface area (Å²) in [7, 11) is 0. The smallest absolute Gasteiger partial charge is 0.249 e. The van der Waals surface area contributed by atoms with Crippen LogP contribution in [0.5, 0.6) is 11.5 Å². The van der Waals surface area contributed by atoms with Crippen LogP contribution in [-0.4, -0.2) is 15.6 Å². The molecule has 0 atom stereocenters. The van der Waals surface area contributed by atoms with Crippen molar-refractivity contribution in [2.75, 3.05) is 0 Å². The second kappa shape index (κ2) is 10.7. The molecule has 1 heterocycles. The van der Waals surface area contributed by atoms with Crippen LogP contribution in [0, 0.1) is 19.7 Å². The van der Waals surface area contributed by atoms with Gasteiger partial charge in [0.2, 0.25) is 5.91 Å². The van der Waals surface area contributed by atoms with Crippen LogP contribution in [0.15, 0.2) is 72.8 Å². The highest BCUT2D eigenvalue weighted by atomic mass is 19.1. The Hall–Kier alpha value is -4.06. The van der Waals surface area contributed by atoms with Crippen molar-refractivity contribution in [1.82, 2.24) is 4.57 Å². The van der Waals surface area contributed by atoms with Gasteiger partial charge in [0.15, 0.2) is 0 Å². The van der Waals surface area contributed by atoms with Crippen LogP contribution in [0.25, 0.3) is 16.9 Å². The van der Waals surface area contributed by atoms with Gasteiger partial charge in [-0.05, 0) is 79.6 Å². The lowest BCUT2D eigenvalue weighted by molar-refractivity contribution is 0.0999. The molecule has 6 heteroatoms. The van der Waals surface area contributed by atoms with Gasteiger partial charge in [-0.1, -0.05) is 32.0 Å². The third-order valence-electron chi connectivity index (χ3n) is 5.37. The molecule has 1 aromatic heterocycles. The van der Waals surface area contributed by atoms with Gasteiger partial charge in [-0.15, -0.1) is 0 Å². The molecule has 4 rings (SSSR count). The van der Waals surface area contributed by atoms with Gasteiger partial charge in [-0.3, -0.25) is 4.79 Å². The van der Waals surface area contributed by atoms with Gasteiger partial charge >= 0.3 is 0 Å². The largest absolute Gasteiger partial charge is 0.508 e. The van der Waals surface area contributed by atoms with Gasteiger partial charge in [0.05, 0.1) is 5.69 Å². The van der Waals surface area contributed by atoms with E-state index in [-0.39, 0.29) is 18.2 Å². The van der Waals surface area contributed by atoms with E-state index in [1.54, 1.807) is 36.4 Å². The van der Waals surface area contributed by atoms with Gasteiger partial charge in [-0.25, -0.2) is 4.39 Å². The number of hydrogen-bond donors (Lipinski definition) is 2. The van der Waals surface area contributed by atoms with E-state index in [2.05, 4.69) is 0 Å². The molecule has 0 bridgehead atoms. The standard InChI is InChI=1S/C26H23FN2O3.C2H6/c1-16-3-9-20(13-22(16)26(28)31)29-17(2)4-11-24(29)23-14-21(30)10-12-25(23)32-15-18-5-7-19(27)8-6-18;1-2/h3-14,30H,15H2,1-2H3,(H2,28,31);1-2H3. The van der Waals surface area contributed by atoms with Crippen molar-refractivity contribution in [2.24, 2.45) is 5.73 Å². The van der Waals surface area contributed by atoms with Crippen LogP contribution in [0.2, 0.25) is 0 Å². The zero-order valence-electron chi connectivity index (χ0n) is 19.8. The first-order valence-electron chi connectivity index (χ1n) is 11.1. The highest BCUT2D eigenvalue weighted by Crippen LogP contribution is 2.36. The summed E-state index contributed by atoms with van der Waals surface area (Å²) in [5.41, 5.74) is 10.8. The number of ether oxygens (including phenoxy) is 1. The van der Waals surface area contributed by atoms with Gasteiger partial charge in [0.25, 0.3) is 0 Å². The topological polar surface area (TPSA) is 77.5 Å². The van der Waals surface area contributed by atoms with E-state index in [1.165, 1.54) is 12.1 Å². The van der Waals surface area contributed by atoms with Gasteiger partial charge in [0.1, 0.15) is 23.9 Å². The van der Waals surface area contributed by atoms with Crippen molar-refractivity contribution in [3.63, 3.8) is 0 Å². The lowest BCUT2D eigenvalue weighted by Gasteiger charge is -2.17. The lowest BCUT2D eigenvalue weighted by atomic mass is 10.1. The maximum absolute atomic E-state index is 13.2. The van der Waals surface area contributed by atoms with Crippen molar-refractivity contribution in [3.05, 3.63) is 101 Å². The molecular weight excluding hydrogens is 431 g/mol. The average Bonchev–Trinajstić information content (AvgIpc) is 3.22. The fraction of sp³-hybridized carbons (Fsp3) is 0.179. The molecule has 176 valence electrons. The number of aromatic hydroxyl groups is 1. The number of carbonyl (C=O) groups is 1. The van der Waals surface area contributed by atoms with Crippen LogP contribution in [0.1, 0.15) is 41.0 Å².